The first-order valence-electron chi connectivity index (χ1n) is 5.96. The van der Waals surface area contributed by atoms with Gasteiger partial charge in [-0.3, -0.25) is 18.5 Å². The lowest BCUT2D eigenvalue weighted by molar-refractivity contribution is 0.100. The van der Waals surface area contributed by atoms with Gasteiger partial charge < -0.3 is 5.73 Å². The van der Waals surface area contributed by atoms with Gasteiger partial charge in [0, 0.05) is 10.9 Å². The third kappa shape index (κ3) is 3.78. The summed E-state index contributed by atoms with van der Waals surface area (Å²) in [6, 6.07) is 2.20. The number of carbonyl (C=O) groups is 1. The first kappa shape index (κ1) is 19.2. The summed E-state index contributed by atoms with van der Waals surface area (Å²) in [5.41, 5.74) is 4.35. The van der Waals surface area contributed by atoms with Crippen LogP contribution in [-0.4, -0.2) is 44.8 Å². The molecule has 25 heavy (non-hydrogen) atoms. The van der Waals surface area contributed by atoms with Gasteiger partial charge in [-0.2, -0.15) is 25.3 Å². The van der Waals surface area contributed by atoms with E-state index < -0.39 is 67.3 Å². The summed E-state index contributed by atoms with van der Waals surface area (Å²) >= 11 is 0. The number of primary amides is 1. The standard InChI is InChI=1S/C11H9NO10S3/c12-11(13)8-3-6(23(14,15)16)1-5-2-7(24(17,18)19)4-9(10(5)8)25(20,21)22/h1-4H,(H2,12,13)(H,14,15,16)(H,17,18,19)(H,20,21,22). The summed E-state index contributed by atoms with van der Waals surface area (Å²) in [5, 5.41) is -1.10. The second-order valence-corrected chi connectivity index (χ2v) is 9.01. The molecular formula is C11H9NO10S3. The molecular weight excluding hydrogens is 402 g/mol. The summed E-state index contributed by atoms with van der Waals surface area (Å²) in [7, 11) is -15.0. The van der Waals surface area contributed by atoms with E-state index in [1.165, 1.54) is 0 Å². The van der Waals surface area contributed by atoms with Crippen LogP contribution in [0.5, 0.6) is 0 Å². The predicted octanol–water partition coefficient (Wildman–Crippen LogP) is -0.321. The van der Waals surface area contributed by atoms with E-state index in [0.717, 1.165) is 0 Å². The Morgan fingerprint density at radius 3 is 1.56 bits per heavy atom. The van der Waals surface area contributed by atoms with Gasteiger partial charge in [-0.1, -0.05) is 0 Å². The van der Waals surface area contributed by atoms with E-state index in [1.807, 2.05) is 0 Å². The highest BCUT2D eigenvalue weighted by molar-refractivity contribution is 7.87. The van der Waals surface area contributed by atoms with Gasteiger partial charge in [-0.05, 0) is 29.7 Å². The van der Waals surface area contributed by atoms with Crippen molar-refractivity contribution in [3.63, 3.8) is 0 Å². The van der Waals surface area contributed by atoms with Crippen molar-refractivity contribution in [1.29, 1.82) is 0 Å². The highest BCUT2D eigenvalue weighted by atomic mass is 32.2. The SMILES string of the molecule is NC(=O)c1cc(S(=O)(=O)O)cc2cc(S(=O)(=O)O)cc(S(=O)(=O)O)c12. The fraction of sp³-hybridized carbons (Fsp3) is 0. The van der Waals surface area contributed by atoms with Gasteiger partial charge in [0.1, 0.15) is 4.90 Å². The molecule has 0 atom stereocenters. The monoisotopic (exact) mass is 411 g/mol. The van der Waals surface area contributed by atoms with Crippen LogP contribution in [0.25, 0.3) is 10.8 Å². The number of carbonyl (C=O) groups excluding carboxylic acids is 1. The largest absolute Gasteiger partial charge is 0.366 e. The minimum absolute atomic E-state index is 0.368. The lowest BCUT2D eigenvalue weighted by Gasteiger charge is -2.11. The molecule has 0 unspecified atom stereocenters. The maximum atomic E-state index is 11.6. The molecule has 0 heterocycles. The van der Waals surface area contributed by atoms with Crippen molar-refractivity contribution < 1.29 is 43.7 Å². The van der Waals surface area contributed by atoms with E-state index in [1.54, 1.807) is 0 Å². The molecule has 0 aromatic heterocycles. The molecule has 0 aliphatic carbocycles. The number of hydrogen-bond acceptors (Lipinski definition) is 7. The molecule has 0 saturated heterocycles. The molecule has 1 amide bonds. The maximum absolute atomic E-state index is 11.6. The van der Waals surface area contributed by atoms with Crippen molar-refractivity contribution in [3.05, 3.63) is 29.8 Å². The van der Waals surface area contributed by atoms with E-state index >= 15 is 0 Å². The fourth-order valence-corrected chi connectivity index (χ4v) is 4.04. The molecule has 0 radical (unpaired) electrons. The van der Waals surface area contributed by atoms with E-state index in [4.69, 9.17) is 14.8 Å². The average molecular weight is 411 g/mol. The van der Waals surface area contributed by atoms with E-state index in [9.17, 15) is 34.6 Å². The second-order valence-electron chi connectivity index (χ2n) is 4.78. The first-order chi connectivity index (χ1) is 11.1. The van der Waals surface area contributed by atoms with Gasteiger partial charge in [0.2, 0.25) is 5.91 Å². The Balaban J connectivity index is 3.23. The molecule has 14 heteroatoms. The van der Waals surface area contributed by atoms with Gasteiger partial charge in [0.25, 0.3) is 30.4 Å². The lowest BCUT2D eigenvalue weighted by atomic mass is 10.0. The van der Waals surface area contributed by atoms with Gasteiger partial charge in [0.15, 0.2) is 0 Å². The first-order valence-corrected chi connectivity index (χ1v) is 10.3. The average Bonchev–Trinajstić information content (AvgIpc) is 2.41. The maximum Gasteiger partial charge on any atom is 0.295 e. The number of rotatable bonds is 4. The predicted molar refractivity (Wildman–Crippen MR) is 81.9 cm³/mol. The zero-order valence-corrected chi connectivity index (χ0v) is 14.3. The highest BCUT2D eigenvalue weighted by Gasteiger charge is 2.25. The minimum Gasteiger partial charge on any atom is -0.366 e. The third-order valence-corrected chi connectivity index (χ3v) is 5.64. The molecule has 2 aromatic carbocycles. The van der Waals surface area contributed by atoms with E-state index in [-0.39, 0.29) is 0 Å². The van der Waals surface area contributed by atoms with Crippen LogP contribution in [0.3, 0.4) is 0 Å². The van der Waals surface area contributed by atoms with Crippen LogP contribution in [0.15, 0.2) is 39.0 Å². The molecule has 136 valence electrons. The molecule has 0 bridgehead atoms. The topological polar surface area (TPSA) is 206 Å². The lowest BCUT2D eigenvalue weighted by Crippen LogP contribution is -2.15. The number of hydrogen-bond donors (Lipinski definition) is 4. The second kappa shape index (κ2) is 5.72. The number of fused-ring (bicyclic) bond motifs is 1. The van der Waals surface area contributed by atoms with Crippen LogP contribution < -0.4 is 5.73 Å². The Bertz CT molecular complexity index is 1220. The summed E-state index contributed by atoms with van der Waals surface area (Å²) in [5.74, 6) is -1.32. The summed E-state index contributed by atoms with van der Waals surface area (Å²) in [6.45, 7) is 0. The third-order valence-electron chi connectivity index (χ3n) is 3.10. The van der Waals surface area contributed by atoms with Gasteiger partial charge in [-0.25, -0.2) is 0 Å². The Hall–Kier alpha value is -2.10. The molecule has 2 rings (SSSR count). The Labute approximate surface area is 141 Å². The number of benzene rings is 2. The molecule has 5 N–H and O–H groups in total. The van der Waals surface area contributed by atoms with Crippen LogP contribution in [0.1, 0.15) is 10.4 Å². The van der Waals surface area contributed by atoms with Crippen molar-refractivity contribution in [2.75, 3.05) is 0 Å². The molecule has 0 fully saturated rings. The van der Waals surface area contributed by atoms with Crippen LogP contribution in [-0.2, 0) is 30.4 Å². The molecule has 0 aliphatic rings. The fourth-order valence-electron chi connectivity index (χ4n) is 2.12. The zero-order chi connectivity index (χ0) is 19.4. The van der Waals surface area contributed by atoms with Crippen molar-refractivity contribution in [1.82, 2.24) is 0 Å². The number of nitrogens with two attached hydrogens (primary N) is 1. The van der Waals surface area contributed by atoms with Crippen LogP contribution in [0.2, 0.25) is 0 Å². The van der Waals surface area contributed by atoms with Crippen LogP contribution in [0, 0.1) is 0 Å². The summed E-state index contributed by atoms with van der Waals surface area (Å²) in [6.07, 6.45) is 0. The molecule has 0 spiro atoms. The van der Waals surface area contributed by atoms with E-state index in [2.05, 4.69) is 0 Å². The molecule has 0 saturated carbocycles. The smallest absolute Gasteiger partial charge is 0.295 e. The van der Waals surface area contributed by atoms with Crippen LogP contribution in [0.4, 0.5) is 0 Å². The van der Waals surface area contributed by atoms with E-state index in [0.29, 0.717) is 24.3 Å². The Morgan fingerprint density at radius 2 is 1.20 bits per heavy atom. The van der Waals surface area contributed by atoms with Crippen molar-refractivity contribution >= 4 is 47.0 Å². The van der Waals surface area contributed by atoms with Crippen molar-refractivity contribution in [3.8, 4) is 0 Å². The summed E-state index contributed by atoms with van der Waals surface area (Å²) in [4.78, 5) is 8.56. The van der Waals surface area contributed by atoms with Crippen LogP contribution >= 0.6 is 0 Å². The molecule has 11 nitrogen and oxygen atoms in total. The van der Waals surface area contributed by atoms with Gasteiger partial charge >= 0.3 is 0 Å². The highest BCUT2D eigenvalue weighted by Crippen LogP contribution is 2.32. The van der Waals surface area contributed by atoms with Gasteiger partial charge in [-0.15, -0.1) is 0 Å². The number of amides is 1. The minimum atomic E-state index is -5.11. The Kier molecular flexibility index (Phi) is 4.40. The van der Waals surface area contributed by atoms with Crippen molar-refractivity contribution in [2.24, 2.45) is 5.73 Å². The molecule has 2 aromatic rings. The van der Waals surface area contributed by atoms with Crippen molar-refractivity contribution in [2.45, 2.75) is 14.7 Å². The Morgan fingerprint density at radius 1 is 0.760 bits per heavy atom. The molecule has 0 aliphatic heterocycles. The zero-order valence-electron chi connectivity index (χ0n) is 11.8. The van der Waals surface area contributed by atoms with Gasteiger partial charge in [0.05, 0.1) is 9.79 Å². The normalized spacial score (nSPS) is 13.1. The summed E-state index contributed by atoms with van der Waals surface area (Å²) < 4.78 is 95.7. The quantitative estimate of drug-likeness (QED) is 0.482.